The molecule has 1 unspecified atom stereocenters. The number of amides is 4. The van der Waals surface area contributed by atoms with Gasteiger partial charge in [-0.05, 0) is 65.5 Å². The summed E-state index contributed by atoms with van der Waals surface area (Å²) < 4.78 is 0.858. The summed E-state index contributed by atoms with van der Waals surface area (Å²) in [7, 11) is 0. The number of thiophene rings is 1. The zero-order valence-electron chi connectivity index (χ0n) is 16.0. The number of hydrogen-bond donors (Lipinski definition) is 3. The molecule has 0 radical (unpaired) electrons. The van der Waals surface area contributed by atoms with Crippen LogP contribution in [0.25, 0.3) is 0 Å². The Balaban J connectivity index is 1.49. The lowest BCUT2D eigenvalue weighted by molar-refractivity contribution is -0.122. The molecular weight excluding hydrogens is 456 g/mol. The van der Waals surface area contributed by atoms with Gasteiger partial charge in [0.1, 0.15) is 6.04 Å². The summed E-state index contributed by atoms with van der Waals surface area (Å²) in [4.78, 5) is 39.0. The second-order valence-corrected chi connectivity index (χ2v) is 9.30. The van der Waals surface area contributed by atoms with Gasteiger partial charge < -0.3 is 20.9 Å². The highest BCUT2D eigenvalue weighted by Crippen LogP contribution is 2.22. The zero-order chi connectivity index (χ0) is 20.8. The van der Waals surface area contributed by atoms with Crippen LogP contribution >= 0.6 is 27.3 Å². The van der Waals surface area contributed by atoms with Gasteiger partial charge in [0, 0.05) is 25.3 Å². The van der Waals surface area contributed by atoms with Crippen LogP contribution in [0.3, 0.4) is 0 Å². The minimum Gasteiger partial charge on any atom is -0.350 e. The Morgan fingerprint density at radius 2 is 1.93 bits per heavy atom. The first-order valence-electron chi connectivity index (χ1n) is 9.41. The summed E-state index contributed by atoms with van der Waals surface area (Å²) in [6, 6.07) is 10.1. The van der Waals surface area contributed by atoms with E-state index >= 15 is 0 Å². The molecule has 154 valence electrons. The highest BCUT2D eigenvalue weighted by molar-refractivity contribution is 9.11. The summed E-state index contributed by atoms with van der Waals surface area (Å²) in [5.74, 6) is -0.560. The van der Waals surface area contributed by atoms with E-state index < -0.39 is 6.04 Å². The van der Waals surface area contributed by atoms with Crippen LogP contribution in [0, 0.1) is 0 Å². The molecule has 4 amide bonds. The molecule has 2 heterocycles. The van der Waals surface area contributed by atoms with Gasteiger partial charge in [-0.25, -0.2) is 4.79 Å². The van der Waals surface area contributed by atoms with Gasteiger partial charge in [0.15, 0.2) is 0 Å². The van der Waals surface area contributed by atoms with Gasteiger partial charge in [-0.15, -0.1) is 11.3 Å². The highest BCUT2D eigenvalue weighted by atomic mass is 79.9. The fourth-order valence-corrected chi connectivity index (χ4v) is 4.28. The number of rotatable bonds is 6. The fraction of sp³-hybridized carbons (Fsp3) is 0.350. The predicted octanol–water partition coefficient (Wildman–Crippen LogP) is 3.57. The summed E-state index contributed by atoms with van der Waals surface area (Å²) in [5, 5.41) is 8.40. The second kappa shape index (κ2) is 9.89. The van der Waals surface area contributed by atoms with Crippen molar-refractivity contribution in [3.8, 4) is 0 Å². The molecule has 0 spiro atoms. The van der Waals surface area contributed by atoms with E-state index in [1.807, 2.05) is 24.3 Å². The number of urea groups is 1. The fourth-order valence-electron chi connectivity index (χ4n) is 2.99. The molecule has 29 heavy (non-hydrogen) atoms. The average Bonchev–Trinajstić information content (AvgIpc) is 3.38. The molecule has 3 N–H and O–H groups in total. The van der Waals surface area contributed by atoms with Crippen molar-refractivity contribution >= 4 is 50.8 Å². The van der Waals surface area contributed by atoms with Crippen molar-refractivity contribution in [3.63, 3.8) is 0 Å². The zero-order valence-corrected chi connectivity index (χ0v) is 18.4. The minimum absolute atomic E-state index is 0.0970. The van der Waals surface area contributed by atoms with Crippen LogP contribution in [0.1, 0.15) is 35.0 Å². The van der Waals surface area contributed by atoms with Crippen molar-refractivity contribution in [3.05, 3.63) is 50.6 Å². The lowest BCUT2D eigenvalue weighted by Gasteiger charge is -2.17. The Bertz CT molecular complexity index is 895. The number of likely N-dealkylation sites (tertiary alicyclic amines) is 1. The maximum atomic E-state index is 12.3. The van der Waals surface area contributed by atoms with Gasteiger partial charge >= 0.3 is 6.03 Å². The molecule has 1 atom stereocenters. The summed E-state index contributed by atoms with van der Waals surface area (Å²) in [5.41, 5.74) is 1.55. The third kappa shape index (κ3) is 6.04. The predicted molar refractivity (Wildman–Crippen MR) is 117 cm³/mol. The van der Waals surface area contributed by atoms with E-state index in [2.05, 4.69) is 31.9 Å². The van der Waals surface area contributed by atoms with E-state index in [0.717, 1.165) is 35.3 Å². The van der Waals surface area contributed by atoms with Crippen LogP contribution in [-0.4, -0.2) is 41.9 Å². The smallest absolute Gasteiger partial charge is 0.321 e. The molecule has 0 saturated carbocycles. The molecule has 2 aromatic rings. The van der Waals surface area contributed by atoms with Gasteiger partial charge in [0.25, 0.3) is 5.91 Å². The first kappa shape index (κ1) is 21.3. The van der Waals surface area contributed by atoms with E-state index in [1.54, 1.807) is 24.0 Å². The molecule has 3 rings (SSSR count). The van der Waals surface area contributed by atoms with Crippen molar-refractivity contribution in [1.29, 1.82) is 0 Å². The summed E-state index contributed by atoms with van der Waals surface area (Å²) in [6.45, 7) is 3.51. The summed E-state index contributed by atoms with van der Waals surface area (Å²) in [6.07, 6.45) is 2.08. The van der Waals surface area contributed by atoms with Crippen LogP contribution in [-0.2, 0) is 11.3 Å². The lowest BCUT2D eigenvalue weighted by atomic mass is 10.2. The molecule has 1 aromatic heterocycles. The van der Waals surface area contributed by atoms with Gasteiger partial charge in [-0.3, -0.25) is 9.59 Å². The molecule has 1 aliphatic rings. The second-order valence-electron chi connectivity index (χ2n) is 6.84. The van der Waals surface area contributed by atoms with Crippen molar-refractivity contribution in [2.45, 2.75) is 32.4 Å². The molecule has 1 aliphatic heterocycles. The topological polar surface area (TPSA) is 90.5 Å². The first-order valence-corrected chi connectivity index (χ1v) is 11.0. The number of benzene rings is 1. The molecule has 1 saturated heterocycles. The number of carbonyl (C=O) groups is 3. The Morgan fingerprint density at radius 3 is 2.62 bits per heavy atom. The van der Waals surface area contributed by atoms with Crippen molar-refractivity contribution in [2.75, 3.05) is 18.4 Å². The van der Waals surface area contributed by atoms with Crippen LogP contribution in [0.5, 0.6) is 0 Å². The number of halogens is 1. The highest BCUT2D eigenvalue weighted by Gasteiger charge is 2.19. The molecule has 1 fully saturated rings. The summed E-state index contributed by atoms with van der Waals surface area (Å²) >= 11 is 4.63. The van der Waals surface area contributed by atoms with Gasteiger partial charge in [-0.1, -0.05) is 12.1 Å². The first-order chi connectivity index (χ1) is 13.9. The van der Waals surface area contributed by atoms with Crippen molar-refractivity contribution in [2.24, 2.45) is 0 Å². The third-order valence-corrected chi connectivity index (χ3v) is 6.20. The third-order valence-electron chi connectivity index (χ3n) is 4.58. The number of anilines is 1. The van der Waals surface area contributed by atoms with Crippen LogP contribution in [0.2, 0.25) is 0 Å². The normalized spacial score (nSPS) is 14.3. The van der Waals surface area contributed by atoms with E-state index in [0.29, 0.717) is 17.1 Å². The molecule has 0 bridgehead atoms. The van der Waals surface area contributed by atoms with Crippen LogP contribution < -0.4 is 16.0 Å². The lowest BCUT2D eigenvalue weighted by Crippen LogP contribution is -2.44. The van der Waals surface area contributed by atoms with Crippen molar-refractivity contribution in [1.82, 2.24) is 15.5 Å². The van der Waals surface area contributed by atoms with Crippen LogP contribution in [0.4, 0.5) is 10.5 Å². The quantitative estimate of drug-likeness (QED) is 0.592. The number of nitrogens with zero attached hydrogens (tertiary/aromatic N) is 1. The Hall–Kier alpha value is -2.39. The Labute approximate surface area is 182 Å². The molecule has 9 heteroatoms. The molecule has 1 aromatic carbocycles. The SMILES string of the molecule is CC(NC(=O)c1ccc(Br)s1)C(=O)NCc1cccc(NC(=O)N2CCCC2)c1. The van der Waals surface area contributed by atoms with Crippen LogP contribution in [0.15, 0.2) is 40.2 Å². The number of nitrogens with one attached hydrogen (secondary N) is 3. The molecule has 0 aliphatic carbocycles. The van der Waals surface area contributed by atoms with Gasteiger partial charge in [0.05, 0.1) is 8.66 Å². The van der Waals surface area contributed by atoms with Crippen molar-refractivity contribution < 1.29 is 14.4 Å². The number of carbonyl (C=O) groups excluding carboxylic acids is 3. The standard InChI is InChI=1S/C20H23BrN4O3S/c1-13(23-19(27)16-7-8-17(21)29-16)18(26)22-12-14-5-4-6-15(11-14)24-20(28)25-9-2-3-10-25/h4-8,11,13H,2-3,9-10,12H2,1H3,(H,22,26)(H,23,27)(H,24,28). The Kier molecular flexibility index (Phi) is 7.27. The molecule has 7 nitrogen and oxygen atoms in total. The largest absolute Gasteiger partial charge is 0.350 e. The average molecular weight is 479 g/mol. The van der Waals surface area contributed by atoms with E-state index in [1.165, 1.54) is 11.3 Å². The Morgan fingerprint density at radius 1 is 1.17 bits per heavy atom. The van der Waals surface area contributed by atoms with E-state index in [4.69, 9.17) is 0 Å². The van der Waals surface area contributed by atoms with Gasteiger partial charge in [0.2, 0.25) is 5.91 Å². The maximum absolute atomic E-state index is 12.3. The monoisotopic (exact) mass is 478 g/mol. The molecular formula is C20H23BrN4O3S. The van der Waals surface area contributed by atoms with E-state index in [-0.39, 0.29) is 17.8 Å². The van der Waals surface area contributed by atoms with Gasteiger partial charge in [-0.2, -0.15) is 0 Å². The van der Waals surface area contributed by atoms with E-state index in [9.17, 15) is 14.4 Å². The maximum Gasteiger partial charge on any atom is 0.321 e. The minimum atomic E-state index is -0.665. The number of hydrogen-bond acceptors (Lipinski definition) is 4.